The van der Waals surface area contributed by atoms with E-state index in [0.717, 1.165) is 44.6 Å². The second-order valence-corrected chi connectivity index (χ2v) is 7.42. The van der Waals surface area contributed by atoms with E-state index in [1.54, 1.807) is 0 Å². The van der Waals surface area contributed by atoms with E-state index >= 15 is 0 Å². The van der Waals surface area contributed by atoms with E-state index in [0.29, 0.717) is 4.90 Å². The molecule has 1 aliphatic carbocycles. The Labute approximate surface area is 172 Å². The maximum absolute atomic E-state index is 12.4. The molecule has 30 heavy (non-hydrogen) atoms. The zero-order chi connectivity index (χ0) is 21.7. The first-order valence-corrected chi connectivity index (χ1v) is 9.97. The molecule has 1 heterocycles. The molecule has 160 valence electrons. The van der Waals surface area contributed by atoms with Gasteiger partial charge < -0.3 is 10.1 Å². The summed E-state index contributed by atoms with van der Waals surface area (Å²) in [6, 6.07) is 3.75. The van der Waals surface area contributed by atoms with Gasteiger partial charge in [-0.25, -0.2) is 0 Å². The molecular weight excluding hydrogens is 394 g/mol. The molecule has 3 amide bonds. The summed E-state index contributed by atoms with van der Waals surface area (Å²) in [5, 5.41) is 14.0. The molecule has 3 rings (SSSR count). The van der Waals surface area contributed by atoms with Crippen LogP contribution in [0.3, 0.4) is 0 Å². The SMILES string of the molecule is O=C(COC(=O)CN1C(=O)c2cccc([N+](=O)[O-])c2C1=O)NC1CCCCCCC1. The van der Waals surface area contributed by atoms with Crippen LogP contribution in [0.4, 0.5) is 5.69 Å². The fourth-order valence-electron chi connectivity index (χ4n) is 3.80. The Morgan fingerprint density at radius 2 is 1.77 bits per heavy atom. The molecule has 1 aliphatic heterocycles. The van der Waals surface area contributed by atoms with Crippen molar-refractivity contribution in [3.63, 3.8) is 0 Å². The summed E-state index contributed by atoms with van der Waals surface area (Å²) >= 11 is 0. The molecule has 0 spiro atoms. The molecule has 0 unspecified atom stereocenters. The molecule has 1 fully saturated rings. The lowest BCUT2D eigenvalue weighted by molar-refractivity contribution is -0.385. The van der Waals surface area contributed by atoms with Crippen molar-refractivity contribution in [3.05, 3.63) is 39.4 Å². The number of nitrogens with one attached hydrogen (secondary N) is 1. The average Bonchev–Trinajstić information content (AvgIpc) is 2.93. The third-order valence-electron chi connectivity index (χ3n) is 5.30. The number of hydrogen-bond donors (Lipinski definition) is 1. The molecule has 10 heteroatoms. The predicted octanol–water partition coefficient (Wildman–Crippen LogP) is 1.96. The van der Waals surface area contributed by atoms with Crippen molar-refractivity contribution in [2.45, 2.75) is 51.0 Å². The molecule has 0 aromatic heterocycles. The van der Waals surface area contributed by atoms with Gasteiger partial charge in [-0.1, -0.05) is 38.2 Å². The lowest BCUT2D eigenvalue weighted by Gasteiger charge is -2.21. The number of carbonyl (C=O) groups excluding carboxylic acids is 4. The molecule has 1 aromatic carbocycles. The summed E-state index contributed by atoms with van der Waals surface area (Å²) < 4.78 is 4.91. The van der Waals surface area contributed by atoms with E-state index in [2.05, 4.69) is 5.32 Å². The molecule has 10 nitrogen and oxygen atoms in total. The Kier molecular flexibility index (Phi) is 6.76. The lowest BCUT2D eigenvalue weighted by Crippen LogP contribution is -2.40. The van der Waals surface area contributed by atoms with Crippen LogP contribution in [0, 0.1) is 10.1 Å². The van der Waals surface area contributed by atoms with Crippen LogP contribution in [0.5, 0.6) is 0 Å². The second kappa shape index (κ2) is 9.47. The quantitative estimate of drug-likeness (QED) is 0.323. The molecule has 1 saturated carbocycles. The summed E-state index contributed by atoms with van der Waals surface area (Å²) in [7, 11) is 0. The maximum Gasteiger partial charge on any atom is 0.326 e. The molecule has 0 atom stereocenters. The second-order valence-electron chi connectivity index (χ2n) is 7.42. The smallest absolute Gasteiger partial charge is 0.326 e. The molecule has 0 bridgehead atoms. The highest BCUT2D eigenvalue weighted by molar-refractivity contribution is 6.24. The minimum absolute atomic E-state index is 0.0493. The molecule has 0 radical (unpaired) electrons. The Morgan fingerprint density at radius 3 is 2.43 bits per heavy atom. The lowest BCUT2D eigenvalue weighted by atomic mass is 9.97. The number of nitrogens with zero attached hydrogens (tertiary/aromatic N) is 2. The van der Waals surface area contributed by atoms with Gasteiger partial charge in [-0.3, -0.25) is 34.2 Å². The first kappa shape index (κ1) is 21.4. The van der Waals surface area contributed by atoms with Crippen LogP contribution in [0.1, 0.15) is 65.7 Å². The zero-order valence-corrected chi connectivity index (χ0v) is 16.4. The van der Waals surface area contributed by atoms with Gasteiger partial charge in [0.1, 0.15) is 12.1 Å². The van der Waals surface area contributed by atoms with Crippen LogP contribution in [0.25, 0.3) is 0 Å². The first-order valence-electron chi connectivity index (χ1n) is 9.97. The van der Waals surface area contributed by atoms with Crippen molar-refractivity contribution in [2.75, 3.05) is 13.2 Å². The van der Waals surface area contributed by atoms with Crippen LogP contribution in [-0.2, 0) is 14.3 Å². The minimum Gasteiger partial charge on any atom is -0.454 e. The number of esters is 1. The molecular formula is C20H23N3O7. The summed E-state index contributed by atoms with van der Waals surface area (Å²) in [5.41, 5.74) is -0.980. The number of fused-ring (bicyclic) bond motifs is 1. The topological polar surface area (TPSA) is 136 Å². The number of benzene rings is 1. The van der Waals surface area contributed by atoms with Crippen molar-refractivity contribution < 1.29 is 28.8 Å². The Balaban J connectivity index is 1.53. The average molecular weight is 417 g/mol. The van der Waals surface area contributed by atoms with Crippen LogP contribution >= 0.6 is 0 Å². The molecule has 1 aromatic rings. The summed E-state index contributed by atoms with van der Waals surface area (Å²) in [6.07, 6.45) is 7.33. The third kappa shape index (κ3) is 4.81. The fraction of sp³-hybridized carbons (Fsp3) is 0.500. The summed E-state index contributed by atoms with van der Waals surface area (Å²) in [4.78, 5) is 59.9. The summed E-state index contributed by atoms with van der Waals surface area (Å²) in [6.45, 7) is -1.24. The Hall–Kier alpha value is -3.30. The van der Waals surface area contributed by atoms with Crippen LogP contribution in [0.2, 0.25) is 0 Å². The number of imide groups is 1. The molecule has 2 aliphatic rings. The van der Waals surface area contributed by atoms with Gasteiger partial charge in [0.2, 0.25) is 0 Å². The van der Waals surface area contributed by atoms with Gasteiger partial charge in [-0.15, -0.1) is 0 Å². The standard InChI is InChI=1S/C20H23N3O7/c24-16(21-13-7-4-2-1-3-5-8-13)12-30-17(25)11-22-19(26)14-9-6-10-15(23(28)29)18(14)20(22)27/h6,9-10,13H,1-5,7-8,11-12H2,(H,21,24). The van der Waals surface area contributed by atoms with Crippen LogP contribution in [-0.4, -0.2) is 52.7 Å². The number of amides is 3. The van der Waals surface area contributed by atoms with Gasteiger partial charge in [0.25, 0.3) is 23.4 Å². The van der Waals surface area contributed by atoms with E-state index in [-0.39, 0.29) is 17.2 Å². The number of carbonyl (C=O) groups is 4. The number of ether oxygens (including phenoxy) is 1. The van der Waals surface area contributed by atoms with Crippen molar-refractivity contribution in [2.24, 2.45) is 0 Å². The molecule has 0 saturated heterocycles. The number of nitro groups is 1. The van der Waals surface area contributed by atoms with Crippen LogP contribution < -0.4 is 5.32 Å². The van der Waals surface area contributed by atoms with Gasteiger partial charge in [0.05, 0.1) is 10.5 Å². The van der Waals surface area contributed by atoms with Gasteiger partial charge in [0, 0.05) is 12.1 Å². The first-order chi connectivity index (χ1) is 14.4. The number of hydrogen-bond acceptors (Lipinski definition) is 7. The fourth-order valence-corrected chi connectivity index (χ4v) is 3.80. The van der Waals surface area contributed by atoms with E-state index in [1.807, 2.05) is 0 Å². The maximum atomic E-state index is 12.4. The normalized spacial score (nSPS) is 17.1. The van der Waals surface area contributed by atoms with E-state index < -0.39 is 47.5 Å². The van der Waals surface area contributed by atoms with E-state index in [1.165, 1.54) is 18.6 Å². The monoisotopic (exact) mass is 417 g/mol. The number of nitro benzene ring substituents is 1. The predicted molar refractivity (Wildman–Crippen MR) is 104 cm³/mol. The van der Waals surface area contributed by atoms with Crippen molar-refractivity contribution in [3.8, 4) is 0 Å². The highest BCUT2D eigenvalue weighted by Crippen LogP contribution is 2.30. The molecule has 1 N–H and O–H groups in total. The third-order valence-corrected chi connectivity index (χ3v) is 5.30. The van der Waals surface area contributed by atoms with Crippen molar-refractivity contribution in [1.29, 1.82) is 0 Å². The Morgan fingerprint density at radius 1 is 1.10 bits per heavy atom. The van der Waals surface area contributed by atoms with Gasteiger partial charge >= 0.3 is 5.97 Å². The zero-order valence-electron chi connectivity index (χ0n) is 16.4. The van der Waals surface area contributed by atoms with Crippen LogP contribution in [0.15, 0.2) is 18.2 Å². The van der Waals surface area contributed by atoms with Crippen molar-refractivity contribution >= 4 is 29.4 Å². The number of rotatable bonds is 6. The van der Waals surface area contributed by atoms with E-state index in [9.17, 15) is 29.3 Å². The van der Waals surface area contributed by atoms with Gasteiger partial charge in [-0.05, 0) is 18.9 Å². The Bertz CT molecular complexity index is 875. The van der Waals surface area contributed by atoms with Gasteiger partial charge in [0.15, 0.2) is 6.61 Å². The summed E-state index contributed by atoms with van der Waals surface area (Å²) in [5.74, 6) is -3.13. The van der Waals surface area contributed by atoms with Crippen molar-refractivity contribution in [1.82, 2.24) is 10.2 Å². The highest BCUT2D eigenvalue weighted by atomic mass is 16.6. The minimum atomic E-state index is -0.944. The highest BCUT2D eigenvalue weighted by Gasteiger charge is 2.42. The largest absolute Gasteiger partial charge is 0.454 e. The van der Waals surface area contributed by atoms with Gasteiger partial charge in [-0.2, -0.15) is 0 Å². The van der Waals surface area contributed by atoms with E-state index in [4.69, 9.17) is 4.74 Å².